The number of hydrogen-bond acceptors (Lipinski definition) is 7. The van der Waals surface area contributed by atoms with Crippen LogP contribution in [0.5, 0.6) is 5.75 Å². The summed E-state index contributed by atoms with van der Waals surface area (Å²) in [4.78, 5) is 6.78. The van der Waals surface area contributed by atoms with Crippen LogP contribution in [0, 0.1) is 11.8 Å². The number of benzene rings is 1. The molecular formula is C27H32F3N5O3S. The van der Waals surface area contributed by atoms with Crippen LogP contribution in [0.15, 0.2) is 41.4 Å². The maximum absolute atomic E-state index is 13.5. The van der Waals surface area contributed by atoms with Crippen molar-refractivity contribution in [3.8, 4) is 17.6 Å². The maximum Gasteiger partial charge on any atom is 0.394 e. The van der Waals surface area contributed by atoms with Gasteiger partial charge in [-0.1, -0.05) is 12.0 Å². The number of likely N-dealkylation sites (N-methyl/N-ethyl adjacent to an activating group) is 1. The fourth-order valence-corrected chi connectivity index (χ4v) is 5.47. The molecule has 1 aliphatic heterocycles. The minimum atomic E-state index is -4.43. The molecule has 0 spiro atoms. The van der Waals surface area contributed by atoms with E-state index in [4.69, 9.17) is 4.74 Å². The molecule has 12 heteroatoms. The van der Waals surface area contributed by atoms with Gasteiger partial charge in [0.1, 0.15) is 17.1 Å². The van der Waals surface area contributed by atoms with Crippen LogP contribution in [0.1, 0.15) is 35.8 Å². The van der Waals surface area contributed by atoms with Crippen molar-refractivity contribution < 1.29 is 26.3 Å². The Morgan fingerprint density at radius 3 is 2.69 bits per heavy atom. The second-order valence-electron chi connectivity index (χ2n) is 9.90. The number of fused-ring (bicyclic) bond motifs is 1. The van der Waals surface area contributed by atoms with Crippen LogP contribution in [-0.4, -0.2) is 75.5 Å². The zero-order valence-electron chi connectivity index (χ0n) is 22.3. The summed E-state index contributed by atoms with van der Waals surface area (Å²) in [6.45, 7) is 0.954. The molecule has 3 heterocycles. The van der Waals surface area contributed by atoms with Crippen molar-refractivity contribution in [2.75, 3.05) is 45.9 Å². The average molecular weight is 564 g/mol. The number of hydrogen-bond donors (Lipinski definition) is 2. The molecule has 4 rings (SSSR count). The molecular weight excluding hydrogens is 531 g/mol. The molecule has 1 aromatic carbocycles. The predicted molar refractivity (Wildman–Crippen MR) is 144 cm³/mol. The van der Waals surface area contributed by atoms with Crippen LogP contribution in [0.4, 0.5) is 18.9 Å². The highest BCUT2D eigenvalue weighted by Gasteiger charge is 2.33. The lowest BCUT2D eigenvalue weighted by atomic mass is 10.1. The number of nitrogens with one attached hydrogen (secondary N) is 2. The second-order valence-corrected chi connectivity index (χ2v) is 11.9. The first-order valence-corrected chi connectivity index (χ1v) is 14.3. The molecule has 0 amide bonds. The number of alkyl halides is 3. The van der Waals surface area contributed by atoms with Gasteiger partial charge in [-0.25, -0.2) is 13.4 Å². The number of anilines is 1. The highest BCUT2D eigenvalue weighted by molar-refractivity contribution is 7.90. The molecule has 0 saturated carbocycles. The summed E-state index contributed by atoms with van der Waals surface area (Å²) in [6.07, 6.45) is -1.06. The Morgan fingerprint density at radius 1 is 1.26 bits per heavy atom. The Hall–Kier alpha value is -3.27. The van der Waals surface area contributed by atoms with Crippen molar-refractivity contribution in [2.24, 2.45) is 0 Å². The average Bonchev–Trinajstić information content (AvgIpc) is 3.44. The van der Waals surface area contributed by atoms with E-state index in [1.807, 2.05) is 20.2 Å². The molecule has 0 radical (unpaired) electrons. The standard InChI is InChI=1S/C27H32F3N5O3S/c1-34(2)17-18-9-11-21(32-18)20-7-6-14-35-24(16-27(28,29)30)22(33-26(20)35)8-5-13-31-23-12-10-19(39(4,36)37)15-25(23)38-3/h6-7,10,12,14-15,18,21,31-32H,9,11,13,16-17H2,1-4H3/t18-,21+/m1/s1. The van der Waals surface area contributed by atoms with Gasteiger partial charge in [0.25, 0.3) is 0 Å². The lowest BCUT2D eigenvalue weighted by molar-refractivity contribution is -0.128. The van der Waals surface area contributed by atoms with E-state index in [0.29, 0.717) is 23.1 Å². The largest absolute Gasteiger partial charge is 0.495 e. The molecule has 2 aromatic heterocycles. The summed E-state index contributed by atoms with van der Waals surface area (Å²) in [6, 6.07) is 8.33. The lowest BCUT2D eigenvalue weighted by Crippen LogP contribution is -2.34. The number of imidazole rings is 1. The number of aromatic nitrogens is 2. The van der Waals surface area contributed by atoms with Crippen molar-refractivity contribution in [1.29, 1.82) is 0 Å². The van der Waals surface area contributed by atoms with Crippen LogP contribution in [0.2, 0.25) is 0 Å². The molecule has 210 valence electrons. The SMILES string of the molecule is COc1cc(S(C)(=O)=O)ccc1NCC#Cc1nc2c([C@@H]3CC[C@H](CN(C)C)N3)cccn2c1CC(F)(F)F. The second kappa shape index (κ2) is 11.5. The Kier molecular flexibility index (Phi) is 8.44. The molecule has 1 saturated heterocycles. The Bertz CT molecular complexity index is 1510. The van der Waals surface area contributed by atoms with Gasteiger partial charge in [0.2, 0.25) is 0 Å². The first kappa shape index (κ1) is 28.7. The summed E-state index contributed by atoms with van der Waals surface area (Å²) in [5, 5.41) is 6.62. The quantitative estimate of drug-likeness (QED) is 0.405. The summed E-state index contributed by atoms with van der Waals surface area (Å²) < 4.78 is 71.0. The third-order valence-electron chi connectivity index (χ3n) is 6.52. The molecule has 1 aliphatic rings. The molecule has 0 bridgehead atoms. The molecule has 0 unspecified atom stereocenters. The number of ether oxygens (including phenoxy) is 1. The van der Waals surface area contributed by atoms with Crippen molar-refractivity contribution in [3.63, 3.8) is 0 Å². The van der Waals surface area contributed by atoms with E-state index in [9.17, 15) is 21.6 Å². The van der Waals surface area contributed by atoms with E-state index in [1.54, 1.807) is 18.3 Å². The van der Waals surface area contributed by atoms with Gasteiger partial charge in [-0.2, -0.15) is 13.2 Å². The molecule has 0 aliphatic carbocycles. The van der Waals surface area contributed by atoms with Gasteiger partial charge in [-0.15, -0.1) is 0 Å². The Balaban J connectivity index is 1.61. The van der Waals surface area contributed by atoms with Crippen LogP contribution in [0.25, 0.3) is 5.65 Å². The normalized spacial score (nSPS) is 17.8. The number of pyridine rings is 1. The first-order valence-electron chi connectivity index (χ1n) is 12.4. The topological polar surface area (TPSA) is 88.0 Å². The van der Waals surface area contributed by atoms with Gasteiger partial charge >= 0.3 is 6.18 Å². The highest BCUT2D eigenvalue weighted by Crippen LogP contribution is 2.32. The van der Waals surface area contributed by atoms with Gasteiger partial charge in [0.15, 0.2) is 9.84 Å². The van der Waals surface area contributed by atoms with Gasteiger partial charge in [0.05, 0.1) is 36.4 Å². The van der Waals surface area contributed by atoms with Crippen molar-refractivity contribution >= 4 is 21.2 Å². The molecule has 39 heavy (non-hydrogen) atoms. The Morgan fingerprint density at radius 2 is 2.03 bits per heavy atom. The highest BCUT2D eigenvalue weighted by atomic mass is 32.2. The van der Waals surface area contributed by atoms with Crippen LogP contribution in [0.3, 0.4) is 0 Å². The minimum absolute atomic E-state index is 0.00947. The van der Waals surface area contributed by atoms with E-state index in [1.165, 1.54) is 23.6 Å². The zero-order chi connectivity index (χ0) is 28.4. The van der Waals surface area contributed by atoms with Crippen molar-refractivity contribution in [1.82, 2.24) is 19.6 Å². The summed E-state index contributed by atoms with van der Waals surface area (Å²) in [5.74, 6) is 5.98. The van der Waals surface area contributed by atoms with Crippen molar-refractivity contribution in [3.05, 3.63) is 53.5 Å². The van der Waals surface area contributed by atoms with E-state index in [2.05, 4.69) is 32.4 Å². The number of rotatable bonds is 8. The van der Waals surface area contributed by atoms with E-state index in [0.717, 1.165) is 31.2 Å². The van der Waals surface area contributed by atoms with Crippen LogP contribution >= 0.6 is 0 Å². The van der Waals surface area contributed by atoms with Crippen LogP contribution < -0.4 is 15.4 Å². The van der Waals surface area contributed by atoms with E-state index < -0.39 is 22.4 Å². The first-order chi connectivity index (χ1) is 18.4. The third kappa shape index (κ3) is 7.03. The summed E-state index contributed by atoms with van der Waals surface area (Å²) in [7, 11) is 2.02. The molecule has 3 aromatic rings. The Labute approximate surface area is 226 Å². The van der Waals surface area contributed by atoms with Gasteiger partial charge in [-0.05, 0) is 51.1 Å². The maximum atomic E-state index is 13.5. The van der Waals surface area contributed by atoms with E-state index >= 15 is 0 Å². The molecule has 2 N–H and O–H groups in total. The fourth-order valence-electron chi connectivity index (χ4n) is 4.83. The monoisotopic (exact) mass is 563 g/mol. The third-order valence-corrected chi connectivity index (χ3v) is 7.63. The molecule has 8 nitrogen and oxygen atoms in total. The number of nitrogens with zero attached hydrogens (tertiary/aromatic N) is 3. The van der Waals surface area contributed by atoms with Crippen LogP contribution in [-0.2, 0) is 16.3 Å². The number of sulfone groups is 1. The number of halogens is 3. The zero-order valence-corrected chi connectivity index (χ0v) is 23.1. The van der Waals surface area contributed by atoms with Gasteiger partial charge < -0.3 is 24.7 Å². The van der Waals surface area contributed by atoms with Crippen molar-refractivity contribution in [2.45, 2.75) is 42.4 Å². The predicted octanol–water partition coefficient (Wildman–Crippen LogP) is 3.67. The van der Waals surface area contributed by atoms with Gasteiger partial charge in [-0.3, -0.25) is 0 Å². The lowest BCUT2D eigenvalue weighted by Gasteiger charge is -2.18. The molecule has 2 atom stereocenters. The number of methoxy groups -OCH3 is 1. The van der Waals surface area contributed by atoms with E-state index in [-0.39, 0.29) is 28.9 Å². The summed E-state index contributed by atoms with van der Waals surface area (Å²) in [5.41, 5.74) is 1.89. The smallest absolute Gasteiger partial charge is 0.394 e. The summed E-state index contributed by atoms with van der Waals surface area (Å²) >= 11 is 0. The fraction of sp³-hybridized carbons (Fsp3) is 0.444. The van der Waals surface area contributed by atoms with Gasteiger partial charge in [0, 0.05) is 42.7 Å². The minimum Gasteiger partial charge on any atom is -0.495 e. The molecule has 1 fully saturated rings.